The van der Waals surface area contributed by atoms with Crippen molar-refractivity contribution in [2.45, 2.75) is 30.9 Å². The van der Waals surface area contributed by atoms with Crippen LogP contribution in [-0.2, 0) is 14.9 Å². The third kappa shape index (κ3) is 3.92. The summed E-state index contributed by atoms with van der Waals surface area (Å²) in [6.07, 6.45) is 2.35. The first-order chi connectivity index (χ1) is 11.8. The molecular weight excluding hydrogens is 342 g/mol. The van der Waals surface area contributed by atoms with E-state index in [1.807, 2.05) is 24.3 Å². The monoisotopic (exact) mass is 369 g/mol. The van der Waals surface area contributed by atoms with Crippen LogP contribution in [0.25, 0.3) is 0 Å². The molecule has 0 amide bonds. The van der Waals surface area contributed by atoms with Crippen molar-refractivity contribution >= 4 is 15.9 Å². The molecule has 3 rings (SSSR count). The highest BCUT2D eigenvalue weighted by atomic mass is 32.2. The van der Waals surface area contributed by atoms with Crippen LogP contribution in [0.4, 0.5) is 5.69 Å². The number of methoxy groups -OCH3 is 1. The molecule has 2 aliphatic heterocycles. The van der Waals surface area contributed by atoms with Crippen LogP contribution in [0.3, 0.4) is 0 Å². The van der Waals surface area contributed by atoms with E-state index in [9.17, 15) is 8.42 Å². The van der Waals surface area contributed by atoms with Crippen LogP contribution in [-0.4, -0.2) is 69.6 Å². The van der Waals surface area contributed by atoms with Crippen molar-refractivity contribution in [3.05, 3.63) is 24.3 Å². The van der Waals surface area contributed by atoms with Gasteiger partial charge in [0.15, 0.2) is 0 Å². The fourth-order valence-electron chi connectivity index (χ4n) is 3.59. The zero-order valence-electron chi connectivity index (χ0n) is 15.1. The van der Waals surface area contributed by atoms with E-state index in [2.05, 4.69) is 5.32 Å². The Labute approximate surface area is 150 Å². The van der Waals surface area contributed by atoms with Gasteiger partial charge in [0.25, 0.3) is 10.2 Å². The molecule has 1 aromatic rings. The molecule has 1 N–H and O–H groups in total. The molecule has 2 fully saturated rings. The predicted octanol–water partition coefficient (Wildman–Crippen LogP) is 1.54. The van der Waals surface area contributed by atoms with Gasteiger partial charge in [0.05, 0.1) is 25.4 Å². The standard InChI is InChI=1S/C17H27N3O4S/c1-19(2)25(21,22)20-9-7-17(8-10-20)12-15(13-24-17)18-14-5-4-6-16(11-14)23-3/h4-6,11,15,18H,7-10,12-13H2,1-3H3. The second-order valence-corrected chi connectivity index (χ2v) is 9.10. The van der Waals surface area contributed by atoms with Crippen molar-refractivity contribution in [1.82, 2.24) is 8.61 Å². The SMILES string of the molecule is COc1cccc(NC2COC3(CCN(S(=O)(=O)N(C)C)CC3)C2)c1. The number of benzene rings is 1. The molecule has 25 heavy (non-hydrogen) atoms. The summed E-state index contributed by atoms with van der Waals surface area (Å²) in [7, 11) is 1.46. The molecule has 0 aliphatic carbocycles. The van der Waals surface area contributed by atoms with E-state index >= 15 is 0 Å². The minimum Gasteiger partial charge on any atom is -0.497 e. The highest BCUT2D eigenvalue weighted by molar-refractivity contribution is 7.86. The highest BCUT2D eigenvalue weighted by Gasteiger charge is 2.44. The van der Waals surface area contributed by atoms with Crippen molar-refractivity contribution in [2.24, 2.45) is 0 Å². The molecule has 2 saturated heterocycles. The summed E-state index contributed by atoms with van der Waals surface area (Å²) in [5, 5.41) is 3.50. The quantitative estimate of drug-likeness (QED) is 0.852. The Balaban J connectivity index is 1.58. The van der Waals surface area contributed by atoms with Crippen molar-refractivity contribution in [3.8, 4) is 5.75 Å². The molecule has 1 aromatic carbocycles. The zero-order valence-corrected chi connectivity index (χ0v) is 15.9. The van der Waals surface area contributed by atoms with Gasteiger partial charge >= 0.3 is 0 Å². The number of ether oxygens (including phenoxy) is 2. The van der Waals surface area contributed by atoms with Gasteiger partial charge in [-0.25, -0.2) is 0 Å². The zero-order chi connectivity index (χ0) is 18.1. The first-order valence-corrected chi connectivity index (χ1v) is 9.96. The minimum absolute atomic E-state index is 0.213. The molecule has 1 spiro atoms. The molecule has 8 heteroatoms. The fourth-order valence-corrected chi connectivity index (χ4v) is 4.70. The summed E-state index contributed by atoms with van der Waals surface area (Å²) in [5.74, 6) is 0.820. The van der Waals surface area contributed by atoms with E-state index in [-0.39, 0.29) is 11.6 Å². The molecule has 140 valence electrons. The van der Waals surface area contributed by atoms with Gasteiger partial charge in [-0.3, -0.25) is 0 Å². The molecule has 0 saturated carbocycles. The number of hydrogen-bond donors (Lipinski definition) is 1. The van der Waals surface area contributed by atoms with Gasteiger partial charge in [0.1, 0.15) is 5.75 Å². The Bertz CT molecular complexity index is 700. The Morgan fingerprint density at radius 3 is 2.68 bits per heavy atom. The lowest BCUT2D eigenvalue weighted by Crippen LogP contribution is -2.49. The largest absolute Gasteiger partial charge is 0.497 e. The van der Waals surface area contributed by atoms with Gasteiger partial charge in [-0.15, -0.1) is 0 Å². The van der Waals surface area contributed by atoms with Crippen molar-refractivity contribution in [2.75, 3.05) is 46.2 Å². The number of rotatable bonds is 5. The number of piperidine rings is 1. The Morgan fingerprint density at radius 1 is 1.32 bits per heavy atom. The Kier molecular flexibility index (Phi) is 5.24. The lowest BCUT2D eigenvalue weighted by Gasteiger charge is -2.38. The fraction of sp³-hybridized carbons (Fsp3) is 0.647. The molecule has 2 heterocycles. The van der Waals surface area contributed by atoms with Gasteiger partial charge in [0, 0.05) is 38.9 Å². The number of nitrogens with zero attached hydrogens (tertiary/aromatic N) is 2. The van der Waals surface area contributed by atoms with Crippen LogP contribution in [0.5, 0.6) is 5.75 Å². The molecule has 2 aliphatic rings. The molecular formula is C17H27N3O4S. The average Bonchev–Trinajstić information content (AvgIpc) is 2.97. The molecule has 1 unspecified atom stereocenters. The van der Waals surface area contributed by atoms with Crippen LogP contribution in [0, 0.1) is 0 Å². The average molecular weight is 369 g/mol. The smallest absolute Gasteiger partial charge is 0.281 e. The van der Waals surface area contributed by atoms with Crippen LogP contribution in [0.1, 0.15) is 19.3 Å². The summed E-state index contributed by atoms with van der Waals surface area (Å²) in [4.78, 5) is 0. The summed E-state index contributed by atoms with van der Waals surface area (Å²) in [6, 6.07) is 8.08. The van der Waals surface area contributed by atoms with Gasteiger partial charge in [-0.2, -0.15) is 17.0 Å². The molecule has 0 radical (unpaired) electrons. The van der Waals surface area contributed by atoms with E-state index in [1.165, 1.54) is 4.31 Å². The van der Waals surface area contributed by atoms with Crippen molar-refractivity contribution < 1.29 is 17.9 Å². The predicted molar refractivity (Wildman–Crippen MR) is 97.1 cm³/mol. The summed E-state index contributed by atoms with van der Waals surface area (Å²) < 4.78 is 38.7. The van der Waals surface area contributed by atoms with Gasteiger partial charge in [-0.1, -0.05) is 6.07 Å². The van der Waals surface area contributed by atoms with Gasteiger partial charge in [-0.05, 0) is 31.4 Å². The highest BCUT2D eigenvalue weighted by Crippen LogP contribution is 2.37. The third-order valence-electron chi connectivity index (χ3n) is 5.07. The number of anilines is 1. The third-order valence-corrected chi connectivity index (χ3v) is 7.01. The van der Waals surface area contributed by atoms with Crippen LogP contribution >= 0.6 is 0 Å². The van der Waals surface area contributed by atoms with Crippen LogP contribution in [0.15, 0.2) is 24.3 Å². The second kappa shape index (κ2) is 7.11. The summed E-state index contributed by atoms with van der Waals surface area (Å²) in [5.41, 5.74) is 0.798. The topological polar surface area (TPSA) is 71.1 Å². The van der Waals surface area contributed by atoms with Crippen LogP contribution < -0.4 is 10.1 Å². The lowest BCUT2D eigenvalue weighted by molar-refractivity contribution is -0.0315. The van der Waals surface area contributed by atoms with E-state index in [4.69, 9.17) is 9.47 Å². The first kappa shape index (κ1) is 18.4. The number of nitrogens with one attached hydrogen (secondary N) is 1. The lowest BCUT2D eigenvalue weighted by atomic mass is 9.88. The van der Waals surface area contributed by atoms with Crippen molar-refractivity contribution in [3.63, 3.8) is 0 Å². The molecule has 1 atom stereocenters. The van der Waals surface area contributed by atoms with Gasteiger partial charge in [0.2, 0.25) is 0 Å². The Morgan fingerprint density at radius 2 is 2.04 bits per heavy atom. The Hall–Kier alpha value is -1.35. The number of hydrogen-bond acceptors (Lipinski definition) is 5. The van der Waals surface area contributed by atoms with Crippen LogP contribution in [0.2, 0.25) is 0 Å². The second-order valence-electron chi connectivity index (χ2n) is 6.96. The van der Waals surface area contributed by atoms with E-state index < -0.39 is 10.2 Å². The maximum Gasteiger partial charge on any atom is 0.281 e. The maximum absolute atomic E-state index is 12.2. The minimum atomic E-state index is -3.33. The van der Waals surface area contributed by atoms with E-state index in [1.54, 1.807) is 25.5 Å². The first-order valence-electron chi connectivity index (χ1n) is 8.57. The normalized spacial score (nSPS) is 23.9. The molecule has 7 nitrogen and oxygen atoms in total. The maximum atomic E-state index is 12.2. The molecule has 0 aromatic heterocycles. The summed E-state index contributed by atoms with van der Waals surface area (Å²) in [6.45, 7) is 1.65. The van der Waals surface area contributed by atoms with E-state index in [0.29, 0.717) is 19.7 Å². The summed E-state index contributed by atoms with van der Waals surface area (Å²) >= 11 is 0. The molecule has 0 bridgehead atoms. The van der Waals surface area contributed by atoms with Crippen molar-refractivity contribution in [1.29, 1.82) is 0 Å². The van der Waals surface area contributed by atoms with E-state index in [0.717, 1.165) is 30.7 Å². The van der Waals surface area contributed by atoms with Gasteiger partial charge < -0.3 is 14.8 Å².